The quantitative estimate of drug-likeness (QED) is 0.806. The van der Waals surface area contributed by atoms with Crippen molar-refractivity contribution in [2.45, 2.75) is 31.8 Å². The molecular weight excluding hydrogens is 296 g/mol. The topological polar surface area (TPSA) is 83.6 Å². The fourth-order valence-electron chi connectivity index (χ4n) is 3.40. The second-order valence-corrected chi connectivity index (χ2v) is 6.33. The molecule has 0 spiro atoms. The number of methoxy groups -OCH3 is 1. The van der Waals surface area contributed by atoms with E-state index < -0.39 is 5.54 Å². The van der Waals surface area contributed by atoms with Crippen molar-refractivity contribution >= 4 is 11.9 Å². The molecule has 1 aromatic rings. The van der Waals surface area contributed by atoms with Crippen LogP contribution >= 0.6 is 0 Å². The summed E-state index contributed by atoms with van der Waals surface area (Å²) < 4.78 is 5.15. The zero-order valence-corrected chi connectivity index (χ0v) is 13.5. The molecule has 7 heteroatoms. The van der Waals surface area contributed by atoms with Crippen molar-refractivity contribution in [1.82, 2.24) is 20.5 Å². The van der Waals surface area contributed by atoms with Crippen LogP contribution in [0.4, 0.5) is 4.79 Å². The molecule has 124 valence electrons. The lowest BCUT2D eigenvalue weighted by atomic mass is 9.79. The molecule has 1 atom stereocenters. The van der Waals surface area contributed by atoms with Crippen LogP contribution in [0.25, 0.3) is 0 Å². The van der Waals surface area contributed by atoms with Gasteiger partial charge in [0.1, 0.15) is 5.54 Å². The molecule has 2 fully saturated rings. The summed E-state index contributed by atoms with van der Waals surface area (Å²) in [6.07, 6.45) is 1.74. The van der Waals surface area contributed by atoms with Crippen LogP contribution in [-0.4, -0.2) is 47.6 Å². The number of urea groups is 1. The van der Waals surface area contributed by atoms with Gasteiger partial charge in [-0.25, -0.2) is 9.78 Å². The highest BCUT2D eigenvalue weighted by Crippen LogP contribution is 2.31. The summed E-state index contributed by atoms with van der Waals surface area (Å²) in [4.78, 5) is 30.2. The number of imide groups is 1. The molecule has 0 aliphatic carbocycles. The molecule has 23 heavy (non-hydrogen) atoms. The van der Waals surface area contributed by atoms with Crippen molar-refractivity contribution in [3.63, 3.8) is 0 Å². The van der Waals surface area contributed by atoms with Gasteiger partial charge in [0.05, 0.1) is 12.8 Å². The average molecular weight is 318 g/mol. The smallest absolute Gasteiger partial charge is 0.322 e. The summed E-state index contributed by atoms with van der Waals surface area (Å²) >= 11 is 0. The summed E-state index contributed by atoms with van der Waals surface area (Å²) in [6.45, 7) is 4.33. The normalized spacial score (nSPS) is 26.0. The zero-order chi connectivity index (χ0) is 16.4. The van der Waals surface area contributed by atoms with Gasteiger partial charge in [0.15, 0.2) is 0 Å². The third kappa shape index (κ3) is 3.14. The number of carbonyl (C=O) groups excluding carboxylic acids is 2. The van der Waals surface area contributed by atoms with Crippen molar-refractivity contribution in [2.24, 2.45) is 5.92 Å². The second kappa shape index (κ2) is 6.16. The van der Waals surface area contributed by atoms with Gasteiger partial charge in [-0.1, -0.05) is 6.07 Å². The lowest BCUT2D eigenvalue weighted by Gasteiger charge is -2.38. The number of nitrogens with one attached hydrogen (secondary N) is 2. The Hall–Kier alpha value is -2.15. The van der Waals surface area contributed by atoms with Gasteiger partial charge in [-0.15, -0.1) is 0 Å². The van der Waals surface area contributed by atoms with E-state index in [1.807, 2.05) is 25.1 Å². The van der Waals surface area contributed by atoms with E-state index in [9.17, 15) is 9.59 Å². The zero-order valence-electron chi connectivity index (χ0n) is 13.5. The Bertz CT molecular complexity index is 613. The molecule has 1 aromatic heterocycles. The highest BCUT2D eigenvalue weighted by molar-refractivity contribution is 6.06. The van der Waals surface area contributed by atoms with Crippen LogP contribution in [-0.2, 0) is 11.3 Å². The van der Waals surface area contributed by atoms with Gasteiger partial charge in [0.2, 0.25) is 5.88 Å². The van der Waals surface area contributed by atoms with E-state index in [1.54, 1.807) is 7.11 Å². The number of rotatable bonds is 4. The maximum atomic E-state index is 12.0. The van der Waals surface area contributed by atoms with E-state index in [1.165, 1.54) is 0 Å². The maximum Gasteiger partial charge on any atom is 0.322 e. The van der Waals surface area contributed by atoms with Gasteiger partial charge < -0.3 is 10.1 Å². The Morgan fingerprint density at radius 1 is 1.35 bits per heavy atom. The second-order valence-electron chi connectivity index (χ2n) is 6.33. The molecule has 2 N–H and O–H groups in total. The molecular formula is C16H22N4O3. The summed E-state index contributed by atoms with van der Waals surface area (Å²) in [5.41, 5.74) is 0.193. The van der Waals surface area contributed by atoms with Crippen molar-refractivity contribution in [3.8, 4) is 5.88 Å². The first-order chi connectivity index (χ1) is 11.0. The van der Waals surface area contributed by atoms with Crippen molar-refractivity contribution in [3.05, 3.63) is 23.9 Å². The third-order valence-corrected chi connectivity index (χ3v) is 4.85. The Balaban J connectivity index is 1.58. The monoisotopic (exact) mass is 318 g/mol. The number of nitrogens with zero attached hydrogens (tertiary/aromatic N) is 2. The lowest BCUT2D eigenvalue weighted by molar-refractivity contribution is -0.125. The highest BCUT2D eigenvalue weighted by Gasteiger charge is 2.48. The van der Waals surface area contributed by atoms with Crippen LogP contribution in [0.15, 0.2) is 18.2 Å². The van der Waals surface area contributed by atoms with E-state index in [2.05, 4.69) is 20.5 Å². The van der Waals surface area contributed by atoms with E-state index in [0.717, 1.165) is 38.2 Å². The number of piperidine rings is 1. The van der Waals surface area contributed by atoms with Gasteiger partial charge in [-0.2, -0.15) is 0 Å². The summed E-state index contributed by atoms with van der Waals surface area (Å²) in [7, 11) is 1.61. The lowest BCUT2D eigenvalue weighted by Crippen LogP contribution is -2.53. The van der Waals surface area contributed by atoms with E-state index >= 15 is 0 Å². The van der Waals surface area contributed by atoms with E-state index in [0.29, 0.717) is 5.88 Å². The first-order valence-corrected chi connectivity index (χ1v) is 7.87. The van der Waals surface area contributed by atoms with Crippen molar-refractivity contribution < 1.29 is 14.3 Å². The predicted molar refractivity (Wildman–Crippen MR) is 83.9 cm³/mol. The predicted octanol–water partition coefficient (Wildman–Crippen LogP) is 0.900. The van der Waals surface area contributed by atoms with Crippen molar-refractivity contribution in [1.29, 1.82) is 0 Å². The van der Waals surface area contributed by atoms with Crippen LogP contribution in [0.2, 0.25) is 0 Å². The van der Waals surface area contributed by atoms with Crippen LogP contribution in [0, 0.1) is 5.92 Å². The van der Waals surface area contributed by atoms with Crippen LogP contribution in [0.1, 0.15) is 25.5 Å². The minimum absolute atomic E-state index is 0.156. The minimum atomic E-state index is -0.780. The number of likely N-dealkylation sites (tertiary alicyclic amines) is 1. The highest BCUT2D eigenvalue weighted by atomic mass is 16.5. The molecule has 0 saturated carbocycles. The number of carbonyl (C=O) groups is 2. The summed E-state index contributed by atoms with van der Waals surface area (Å²) in [5, 5.41) is 5.12. The van der Waals surface area contributed by atoms with Gasteiger partial charge in [-0.3, -0.25) is 15.0 Å². The number of hydrogen-bond acceptors (Lipinski definition) is 5. The van der Waals surface area contributed by atoms with Gasteiger partial charge in [0, 0.05) is 12.6 Å². The number of amides is 3. The van der Waals surface area contributed by atoms with Crippen molar-refractivity contribution in [2.75, 3.05) is 20.2 Å². The molecule has 1 unspecified atom stereocenters. The molecule has 0 radical (unpaired) electrons. The van der Waals surface area contributed by atoms with Crippen LogP contribution in [0.5, 0.6) is 5.88 Å². The minimum Gasteiger partial charge on any atom is -0.481 e. The molecule has 3 amide bonds. The number of ether oxygens (including phenoxy) is 1. The Morgan fingerprint density at radius 3 is 2.70 bits per heavy atom. The molecule has 0 bridgehead atoms. The number of aromatic nitrogens is 1. The summed E-state index contributed by atoms with van der Waals surface area (Å²) in [5.74, 6) is 0.564. The largest absolute Gasteiger partial charge is 0.481 e. The maximum absolute atomic E-state index is 12.0. The first kappa shape index (κ1) is 15.7. The molecule has 3 rings (SSSR count). The van der Waals surface area contributed by atoms with E-state index in [4.69, 9.17) is 4.74 Å². The van der Waals surface area contributed by atoms with Crippen LogP contribution in [0.3, 0.4) is 0 Å². The molecule has 3 heterocycles. The Morgan fingerprint density at radius 2 is 2.09 bits per heavy atom. The number of hydrogen-bond donors (Lipinski definition) is 2. The van der Waals surface area contributed by atoms with Gasteiger partial charge in [-0.05, 0) is 44.8 Å². The SMILES string of the molecule is COc1cccc(CN2CCC(C3(C)NC(=O)NC3=O)CC2)n1. The van der Waals surface area contributed by atoms with Crippen LogP contribution < -0.4 is 15.4 Å². The molecule has 2 saturated heterocycles. The number of pyridine rings is 1. The molecule has 2 aliphatic rings. The third-order valence-electron chi connectivity index (χ3n) is 4.85. The standard InChI is InChI=1S/C16H22N4O3/c1-16(14(21)18-15(22)19-16)11-6-8-20(9-7-11)10-12-4-3-5-13(17-12)23-2/h3-5,11H,6-10H2,1-2H3,(H2,18,19,21,22). The first-order valence-electron chi connectivity index (χ1n) is 7.87. The molecule has 2 aliphatic heterocycles. The Kier molecular flexibility index (Phi) is 4.21. The van der Waals surface area contributed by atoms with E-state index in [-0.39, 0.29) is 17.9 Å². The van der Waals surface area contributed by atoms with Gasteiger partial charge >= 0.3 is 6.03 Å². The average Bonchev–Trinajstić information content (AvgIpc) is 2.81. The Labute approximate surface area is 135 Å². The summed E-state index contributed by atoms with van der Waals surface area (Å²) in [6, 6.07) is 5.37. The molecule has 0 aromatic carbocycles. The fraction of sp³-hybridized carbons (Fsp3) is 0.562. The van der Waals surface area contributed by atoms with Gasteiger partial charge in [0.25, 0.3) is 5.91 Å². The molecule has 7 nitrogen and oxygen atoms in total. The fourth-order valence-corrected chi connectivity index (χ4v) is 3.40.